The molecule has 30 heavy (non-hydrogen) atoms. The highest BCUT2D eigenvalue weighted by Crippen LogP contribution is 2.38. The number of aromatic amines is 1. The summed E-state index contributed by atoms with van der Waals surface area (Å²) in [5.41, 5.74) is -0.844. The molecule has 160 valence electrons. The van der Waals surface area contributed by atoms with Gasteiger partial charge >= 0.3 is 11.7 Å². The monoisotopic (exact) mass is 437 g/mol. The van der Waals surface area contributed by atoms with Crippen molar-refractivity contribution in [2.75, 3.05) is 7.11 Å². The number of nitrogens with zero attached hydrogens (tertiary/aromatic N) is 4. The molecule has 1 heterocycles. The van der Waals surface area contributed by atoms with Crippen molar-refractivity contribution in [1.82, 2.24) is 14.9 Å². The molecule has 2 N–H and O–H groups in total. The van der Waals surface area contributed by atoms with Gasteiger partial charge in [0.1, 0.15) is 5.69 Å². The van der Waals surface area contributed by atoms with E-state index in [4.69, 9.17) is 26.8 Å². The predicted molar refractivity (Wildman–Crippen MR) is 108 cm³/mol. The quantitative estimate of drug-likeness (QED) is 0.258. The van der Waals surface area contributed by atoms with Crippen molar-refractivity contribution in [3.05, 3.63) is 48.6 Å². The molecule has 0 aliphatic carbocycles. The van der Waals surface area contributed by atoms with Crippen LogP contribution >= 0.6 is 12.2 Å². The van der Waals surface area contributed by atoms with Crippen LogP contribution in [-0.2, 0) is 11.2 Å². The summed E-state index contributed by atoms with van der Waals surface area (Å²) in [4.78, 5) is 34.0. The number of ether oxygens (including phenoxy) is 2. The Bertz CT molecular complexity index is 1110. The molecule has 0 radical (unpaired) electrons. The zero-order valence-corrected chi connectivity index (χ0v) is 17.1. The first kappa shape index (κ1) is 22.7. The molecule has 12 nitrogen and oxygen atoms in total. The van der Waals surface area contributed by atoms with Crippen LogP contribution in [0.1, 0.15) is 31.5 Å². The number of benzene rings is 1. The molecule has 0 aliphatic rings. The highest BCUT2D eigenvalue weighted by molar-refractivity contribution is 7.71. The number of carboxylic acids is 1. The van der Waals surface area contributed by atoms with Crippen LogP contribution in [0.15, 0.2) is 22.0 Å². The van der Waals surface area contributed by atoms with Crippen molar-refractivity contribution in [2.24, 2.45) is 5.10 Å². The molecule has 0 atom stereocenters. The molecule has 1 aromatic heterocycles. The van der Waals surface area contributed by atoms with E-state index >= 15 is 0 Å². The van der Waals surface area contributed by atoms with E-state index in [1.165, 1.54) is 25.5 Å². The lowest BCUT2D eigenvalue weighted by Crippen LogP contribution is -2.25. The van der Waals surface area contributed by atoms with Gasteiger partial charge in [-0.25, -0.2) is 0 Å². The van der Waals surface area contributed by atoms with Gasteiger partial charge in [-0.15, -0.1) is 0 Å². The zero-order valence-electron chi connectivity index (χ0n) is 16.3. The third kappa shape index (κ3) is 5.47. The smallest absolute Gasteiger partial charge is 0.315 e. The van der Waals surface area contributed by atoms with E-state index in [9.17, 15) is 19.7 Å². The Morgan fingerprint density at radius 1 is 1.50 bits per heavy atom. The van der Waals surface area contributed by atoms with Crippen molar-refractivity contribution in [2.45, 2.75) is 32.8 Å². The number of aromatic nitrogens is 3. The summed E-state index contributed by atoms with van der Waals surface area (Å²) in [6.45, 7) is 3.44. The predicted octanol–water partition coefficient (Wildman–Crippen LogP) is 1.90. The first-order valence-corrected chi connectivity index (χ1v) is 9.04. The minimum atomic E-state index is -1.09. The fraction of sp³-hybridized carbons (Fsp3) is 0.353. The lowest BCUT2D eigenvalue weighted by atomic mass is 10.2. The second-order valence-electron chi connectivity index (χ2n) is 6.23. The van der Waals surface area contributed by atoms with E-state index in [1.807, 2.05) is 0 Å². The number of carbonyl (C=O) groups is 1. The maximum absolute atomic E-state index is 12.5. The zero-order chi connectivity index (χ0) is 22.4. The second-order valence-corrected chi connectivity index (χ2v) is 6.61. The lowest BCUT2D eigenvalue weighted by Gasteiger charge is -2.14. The Balaban J connectivity index is 2.50. The number of hydrogen-bond acceptors (Lipinski definition) is 9. The summed E-state index contributed by atoms with van der Waals surface area (Å²) in [6, 6.07) is 2.67. The fourth-order valence-corrected chi connectivity index (χ4v) is 2.54. The van der Waals surface area contributed by atoms with Crippen LogP contribution in [0.25, 0.3) is 0 Å². The van der Waals surface area contributed by atoms with Gasteiger partial charge in [-0.3, -0.25) is 24.8 Å². The Kier molecular flexibility index (Phi) is 7.36. The van der Waals surface area contributed by atoms with Crippen LogP contribution in [0, 0.1) is 14.9 Å². The van der Waals surface area contributed by atoms with Gasteiger partial charge in [-0.2, -0.15) is 14.9 Å². The van der Waals surface area contributed by atoms with Crippen molar-refractivity contribution in [3.8, 4) is 11.5 Å². The van der Waals surface area contributed by atoms with E-state index < -0.39 is 16.5 Å². The van der Waals surface area contributed by atoms with E-state index in [0.717, 1.165) is 4.68 Å². The molecule has 0 saturated heterocycles. The van der Waals surface area contributed by atoms with Crippen molar-refractivity contribution >= 4 is 30.1 Å². The van der Waals surface area contributed by atoms with Crippen molar-refractivity contribution < 1.29 is 24.3 Å². The van der Waals surface area contributed by atoms with Gasteiger partial charge in [0.15, 0.2) is 5.75 Å². The van der Waals surface area contributed by atoms with Gasteiger partial charge in [-0.1, -0.05) is 0 Å². The average Bonchev–Trinajstić information content (AvgIpc) is 2.67. The topological polar surface area (TPSA) is 162 Å². The van der Waals surface area contributed by atoms with Crippen LogP contribution in [0.4, 0.5) is 5.69 Å². The molecule has 13 heteroatoms. The van der Waals surface area contributed by atoms with Gasteiger partial charge in [0.05, 0.1) is 30.8 Å². The van der Waals surface area contributed by atoms with Gasteiger partial charge in [0.2, 0.25) is 10.5 Å². The van der Waals surface area contributed by atoms with Crippen LogP contribution in [0.5, 0.6) is 11.5 Å². The van der Waals surface area contributed by atoms with Crippen LogP contribution in [-0.4, -0.2) is 50.3 Å². The number of hydrogen-bond donors (Lipinski definition) is 2. The number of carboxylic acid groups (broad SMARTS) is 1. The molecule has 0 saturated carbocycles. The Hall–Kier alpha value is -3.61. The number of nitro groups is 1. The normalized spacial score (nSPS) is 11.1. The van der Waals surface area contributed by atoms with E-state index in [2.05, 4.69) is 15.3 Å². The molecule has 2 rings (SSSR count). The first-order chi connectivity index (χ1) is 14.1. The first-order valence-electron chi connectivity index (χ1n) is 8.63. The van der Waals surface area contributed by atoms with Crippen molar-refractivity contribution in [1.29, 1.82) is 0 Å². The molecular formula is C17H19N5O7S. The number of nitro benzene ring substituents is 1. The molecule has 0 unspecified atom stereocenters. The highest BCUT2D eigenvalue weighted by Gasteiger charge is 2.23. The summed E-state index contributed by atoms with van der Waals surface area (Å²) >= 11 is 5.00. The van der Waals surface area contributed by atoms with Gasteiger partial charge in [-0.05, 0) is 32.1 Å². The average molecular weight is 437 g/mol. The molecule has 0 bridgehead atoms. The second kappa shape index (κ2) is 9.73. The van der Waals surface area contributed by atoms with Crippen LogP contribution < -0.4 is 15.0 Å². The van der Waals surface area contributed by atoms with Gasteiger partial charge < -0.3 is 14.6 Å². The van der Waals surface area contributed by atoms with Crippen molar-refractivity contribution in [3.63, 3.8) is 0 Å². The number of methoxy groups -OCH3 is 1. The highest BCUT2D eigenvalue weighted by atomic mass is 32.1. The maximum Gasteiger partial charge on any atom is 0.315 e. The third-order valence-corrected chi connectivity index (χ3v) is 3.91. The Morgan fingerprint density at radius 2 is 2.20 bits per heavy atom. The number of rotatable bonds is 9. The third-order valence-electron chi connectivity index (χ3n) is 3.64. The summed E-state index contributed by atoms with van der Waals surface area (Å²) < 4.78 is 11.4. The lowest BCUT2D eigenvalue weighted by molar-refractivity contribution is -0.386. The number of aliphatic carboxylic acids is 1. The molecule has 1 aromatic carbocycles. The number of aryl methyl sites for hydroxylation is 1. The van der Waals surface area contributed by atoms with E-state index in [0.29, 0.717) is 0 Å². The standard InChI is InChI=1S/C17H19N5O7S/c1-9(2)29-15-12(22(26)27)6-10(7-13(15)28-3)8-18-21-16(25)11(4-5-14(23)24)19-20-17(21)30/h6-9H,4-5H2,1-3H3,(H,20,30)(H,23,24)/b18-8-. The maximum atomic E-state index is 12.5. The summed E-state index contributed by atoms with van der Waals surface area (Å²) in [6.07, 6.45) is 0.448. The number of nitrogens with one attached hydrogen (secondary N) is 1. The van der Waals surface area contributed by atoms with E-state index in [-0.39, 0.29) is 52.2 Å². The Labute approximate surface area is 174 Å². The molecular weight excluding hydrogens is 418 g/mol. The van der Waals surface area contributed by atoms with Gasteiger partial charge in [0.25, 0.3) is 5.56 Å². The molecule has 0 spiro atoms. The summed E-state index contributed by atoms with van der Waals surface area (Å²) in [5, 5.41) is 30.4. The summed E-state index contributed by atoms with van der Waals surface area (Å²) in [5.74, 6) is -0.991. The van der Waals surface area contributed by atoms with E-state index in [1.54, 1.807) is 13.8 Å². The van der Waals surface area contributed by atoms with Crippen LogP contribution in [0.2, 0.25) is 0 Å². The molecule has 0 amide bonds. The largest absolute Gasteiger partial charge is 0.493 e. The summed E-state index contributed by atoms with van der Waals surface area (Å²) in [7, 11) is 1.34. The SMILES string of the molecule is COc1cc(/C=N\n2c(=S)[nH]nc(CCC(=O)O)c2=O)cc([N+](=O)[O-])c1OC(C)C. The van der Waals surface area contributed by atoms with Crippen LogP contribution in [0.3, 0.4) is 0 Å². The molecule has 2 aromatic rings. The van der Waals surface area contributed by atoms with Gasteiger partial charge in [0, 0.05) is 18.1 Å². The Morgan fingerprint density at radius 3 is 2.77 bits per heavy atom. The molecule has 0 aliphatic heterocycles. The fourth-order valence-electron chi connectivity index (χ4n) is 2.37. The number of H-pyrrole nitrogens is 1. The molecule has 0 fully saturated rings. The minimum absolute atomic E-state index is 0.0241. The minimum Gasteiger partial charge on any atom is -0.493 e.